The van der Waals surface area contributed by atoms with Gasteiger partial charge in [0.25, 0.3) is 0 Å². The van der Waals surface area contributed by atoms with Crippen LogP contribution in [0.15, 0.2) is 42.7 Å². The summed E-state index contributed by atoms with van der Waals surface area (Å²) in [5.74, 6) is 0.593. The molecular formula is C17H22N4O. The maximum absolute atomic E-state index is 12.3. The van der Waals surface area contributed by atoms with Crippen LogP contribution in [-0.2, 0) is 6.54 Å². The van der Waals surface area contributed by atoms with Gasteiger partial charge in [-0.15, -0.1) is 0 Å². The van der Waals surface area contributed by atoms with Crippen LogP contribution in [0.5, 0.6) is 0 Å². The van der Waals surface area contributed by atoms with Gasteiger partial charge in [0.2, 0.25) is 0 Å². The number of hydrogen-bond donors (Lipinski definition) is 1. The smallest absolute Gasteiger partial charge is 0.321 e. The van der Waals surface area contributed by atoms with Crippen LogP contribution >= 0.6 is 0 Å². The second kappa shape index (κ2) is 6.64. The largest absolute Gasteiger partial charge is 0.324 e. The average Bonchev–Trinajstić information content (AvgIpc) is 3.02. The van der Waals surface area contributed by atoms with Crippen LogP contribution in [0.3, 0.4) is 0 Å². The lowest BCUT2D eigenvalue weighted by molar-refractivity contribution is 0.182. The molecule has 1 aromatic heterocycles. The summed E-state index contributed by atoms with van der Waals surface area (Å²) in [5, 5.41) is 7.17. The first-order chi connectivity index (χ1) is 10.7. The fourth-order valence-electron chi connectivity index (χ4n) is 2.85. The molecule has 2 amide bonds. The first-order valence-electron chi connectivity index (χ1n) is 7.83. The minimum Gasteiger partial charge on any atom is -0.324 e. The van der Waals surface area contributed by atoms with Crippen LogP contribution in [0.4, 0.5) is 10.5 Å². The van der Waals surface area contributed by atoms with Crippen molar-refractivity contribution < 1.29 is 4.79 Å². The van der Waals surface area contributed by atoms with Crippen molar-refractivity contribution in [3.63, 3.8) is 0 Å². The van der Waals surface area contributed by atoms with Crippen molar-refractivity contribution in [1.82, 2.24) is 14.7 Å². The van der Waals surface area contributed by atoms with Gasteiger partial charge in [0.1, 0.15) is 0 Å². The normalized spacial score (nSPS) is 18.2. The van der Waals surface area contributed by atoms with E-state index in [1.807, 2.05) is 46.1 Å². The second-order valence-corrected chi connectivity index (χ2v) is 6.02. The molecule has 1 aliphatic rings. The summed E-state index contributed by atoms with van der Waals surface area (Å²) in [7, 11) is 0. The van der Waals surface area contributed by atoms with E-state index in [0.29, 0.717) is 5.92 Å². The quantitative estimate of drug-likeness (QED) is 0.946. The summed E-state index contributed by atoms with van der Waals surface area (Å²) in [4.78, 5) is 14.2. The lowest BCUT2D eigenvalue weighted by Crippen LogP contribution is -2.41. The molecule has 2 aromatic rings. The molecule has 5 nitrogen and oxygen atoms in total. The molecule has 0 saturated carbocycles. The fourth-order valence-corrected chi connectivity index (χ4v) is 2.85. The molecule has 0 bridgehead atoms. The Hall–Kier alpha value is -2.30. The summed E-state index contributed by atoms with van der Waals surface area (Å²) in [6.07, 6.45) is 6.02. The summed E-state index contributed by atoms with van der Waals surface area (Å²) < 4.78 is 1.88. The number of benzene rings is 1. The van der Waals surface area contributed by atoms with E-state index in [1.165, 1.54) is 6.42 Å². The van der Waals surface area contributed by atoms with Gasteiger partial charge in [0.15, 0.2) is 0 Å². The molecule has 2 heterocycles. The van der Waals surface area contributed by atoms with E-state index in [2.05, 4.69) is 17.3 Å². The molecular weight excluding hydrogens is 276 g/mol. The highest BCUT2D eigenvalue weighted by molar-refractivity contribution is 5.89. The molecule has 1 aromatic carbocycles. The second-order valence-electron chi connectivity index (χ2n) is 6.02. The van der Waals surface area contributed by atoms with Gasteiger partial charge < -0.3 is 10.2 Å². The molecule has 3 rings (SSSR count). The standard InChI is InChI=1S/C17H22N4O/c1-14-4-2-10-20(12-14)17(22)19-16-7-5-15(6-8-16)13-21-11-3-9-18-21/h3,5-9,11,14H,2,4,10,12-13H2,1H3,(H,19,22). The highest BCUT2D eigenvalue weighted by Gasteiger charge is 2.20. The van der Waals surface area contributed by atoms with Crippen LogP contribution in [-0.4, -0.2) is 33.8 Å². The molecule has 5 heteroatoms. The minimum atomic E-state index is 0.00590. The van der Waals surface area contributed by atoms with Crippen molar-refractivity contribution in [1.29, 1.82) is 0 Å². The minimum absolute atomic E-state index is 0.00590. The summed E-state index contributed by atoms with van der Waals surface area (Å²) in [5.41, 5.74) is 2.00. The van der Waals surface area contributed by atoms with E-state index < -0.39 is 0 Å². The summed E-state index contributed by atoms with van der Waals surface area (Å²) in [6.45, 7) is 4.64. The topological polar surface area (TPSA) is 50.2 Å². The monoisotopic (exact) mass is 298 g/mol. The fraction of sp³-hybridized carbons (Fsp3) is 0.412. The molecule has 22 heavy (non-hydrogen) atoms. The first kappa shape index (κ1) is 14.6. The third kappa shape index (κ3) is 3.67. The molecule has 1 atom stereocenters. The predicted octanol–water partition coefficient (Wildman–Crippen LogP) is 3.20. The number of anilines is 1. The van der Waals surface area contributed by atoms with E-state index in [4.69, 9.17) is 0 Å². The van der Waals surface area contributed by atoms with E-state index in [0.717, 1.165) is 37.3 Å². The Morgan fingerprint density at radius 2 is 2.18 bits per heavy atom. The van der Waals surface area contributed by atoms with E-state index in [-0.39, 0.29) is 6.03 Å². The highest BCUT2D eigenvalue weighted by Crippen LogP contribution is 2.17. The number of hydrogen-bond acceptors (Lipinski definition) is 2. The number of amides is 2. The van der Waals surface area contributed by atoms with Crippen LogP contribution in [0.1, 0.15) is 25.3 Å². The van der Waals surface area contributed by atoms with Crippen LogP contribution < -0.4 is 5.32 Å². The Morgan fingerprint density at radius 1 is 1.36 bits per heavy atom. The predicted molar refractivity (Wildman–Crippen MR) is 86.8 cm³/mol. The average molecular weight is 298 g/mol. The maximum atomic E-state index is 12.3. The number of nitrogens with zero attached hydrogens (tertiary/aromatic N) is 3. The Morgan fingerprint density at radius 3 is 2.86 bits per heavy atom. The van der Waals surface area contributed by atoms with Gasteiger partial charge in [-0.05, 0) is 42.5 Å². The van der Waals surface area contributed by atoms with E-state index in [9.17, 15) is 4.79 Å². The maximum Gasteiger partial charge on any atom is 0.321 e. The van der Waals surface area contributed by atoms with Gasteiger partial charge in [-0.25, -0.2) is 4.79 Å². The van der Waals surface area contributed by atoms with E-state index in [1.54, 1.807) is 6.20 Å². The zero-order valence-electron chi connectivity index (χ0n) is 12.9. The van der Waals surface area contributed by atoms with Gasteiger partial charge in [0, 0.05) is 31.2 Å². The van der Waals surface area contributed by atoms with E-state index >= 15 is 0 Å². The molecule has 0 aliphatic carbocycles. The zero-order valence-corrected chi connectivity index (χ0v) is 12.9. The molecule has 1 saturated heterocycles. The number of likely N-dealkylation sites (tertiary alicyclic amines) is 1. The lowest BCUT2D eigenvalue weighted by Gasteiger charge is -2.30. The summed E-state index contributed by atoms with van der Waals surface area (Å²) >= 11 is 0. The third-order valence-electron chi connectivity index (χ3n) is 4.05. The SMILES string of the molecule is CC1CCCN(C(=O)Nc2ccc(Cn3cccn3)cc2)C1. The van der Waals surface area contributed by atoms with Crippen molar-refractivity contribution in [2.45, 2.75) is 26.3 Å². The van der Waals surface area contributed by atoms with Gasteiger partial charge in [-0.2, -0.15) is 5.10 Å². The molecule has 1 unspecified atom stereocenters. The molecule has 1 N–H and O–H groups in total. The lowest BCUT2D eigenvalue weighted by atomic mass is 10.0. The number of rotatable bonds is 3. The Labute approximate surface area is 130 Å². The third-order valence-corrected chi connectivity index (χ3v) is 4.05. The number of nitrogens with one attached hydrogen (secondary N) is 1. The number of carbonyl (C=O) groups is 1. The highest BCUT2D eigenvalue weighted by atomic mass is 16.2. The summed E-state index contributed by atoms with van der Waals surface area (Å²) in [6, 6.07) is 9.86. The molecule has 1 aliphatic heterocycles. The molecule has 0 spiro atoms. The van der Waals surface area contributed by atoms with Gasteiger partial charge >= 0.3 is 6.03 Å². The van der Waals surface area contributed by atoms with Gasteiger partial charge in [-0.1, -0.05) is 19.1 Å². The van der Waals surface area contributed by atoms with Crippen molar-refractivity contribution in [3.05, 3.63) is 48.3 Å². The number of urea groups is 1. The van der Waals surface area contributed by atoms with Crippen LogP contribution in [0, 0.1) is 5.92 Å². The van der Waals surface area contributed by atoms with Crippen molar-refractivity contribution in [2.24, 2.45) is 5.92 Å². The zero-order chi connectivity index (χ0) is 15.4. The number of piperidine rings is 1. The number of aromatic nitrogens is 2. The van der Waals surface area contributed by atoms with Crippen molar-refractivity contribution >= 4 is 11.7 Å². The Balaban J connectivity index is 1.57. The van der Waals surface area contributed by atoms with Gasteiger partial charge in [0.05, 0.1) is 6.54 Å². The van der Waals surface area contributed by atoms with Crippen molar-refractivity contribution in [2.75, 3.05) is 18.4 Å². The Bertz CT molecular complexity index is 606. The first-order valence-corrected chi connectivity index (χ1v) is 7.83. The molecule has 0 radical (unpaired) electrons. The molecule has 1 fully saturated rings. The Kier molecular flexibility index (Phi) is 4.42. The number of carbonyl (C=O) groups excluding carboxylic acids is 1. The molecule has 116 valence electrons. The van der Waals surface area contributed by atoms with Crippen molar-refractivity contribution in [3.8, 4) is 0 Å². The van der Waals surface area contributed by atoms with Crippen LogP contribution in [0.25, 0.3) is 0 Å². The van der Waals surface area contributed by atoms with Crippen LogP contribution in [0.2, 0.25) is 0 Å². The van der Waals surface area contributed by atoms with Gasteiger partial charge in [-0.3, -0.25) is 4.68 Å².